The molecule has 6 aliphatic heterocycles. The van der Waals surface area contributed by atoms with E-state index >= 15 is 0 Å². The molecule has 11 aromatic rings. The number of hydrogen-bond acceptors (Lipinski definition) is 18. The Balaban J connectivity index is 0.000000136. The fourth-order valence-electron chi connectivity index (χ4n) is 17.4. The summed E-state index contributed by atoms with van der Waals surface area (Å²) in [5.41, 5.74) is 12.7. The SMILES string of the molecule is C#CC1(C(=O)Nc2ccc3[nH]nc(-c4ccc(F)cc4)c3c2)CCN(CC(=O)N2CCC(c3nccs3)CC2)C1.C#CC1(C(=O)Nc2ccc3[nH]nc(-c4ccnc(C#N)c4)c3c2)CCN(CC(=O)N2CC=C(c3ccsc3)CC2)C1.C=CCC1(C(=O)Nc2ccc3[nH]nc(-c4ccnc(C)c4)c3c2)CCN(CC(=O)N2CC=C(C3=CCC=C3)CC2)C1. The van der Waals surface area contributed by atoms with Crippen LogP contribution in [0.5, 0.6) is 0 Å². The normalized spacial score (nSPS) is 19.9. The Labute approximate surface area is 714 Å². The molecule has 4 fully saturated rings. The monoisotopic (exact) mass is 1670 g/mol. The summed E-state index contributed by atoms with van der Waals surface area (Å²) in [6.07, 6.45) is 36.5. The van der Waals surface area contributed by atoms with Crippen LogP contribution in [0.15, 0.2) is 198 Å². The number of carbonyl (C=O) groups is 6. The predicted molar refractivity (Wildman–Crippen MR) is 474 cm³/mol. The number of aryl methyl sites for hydroxylation is 1. The van der Waals surface area contributed by atoms with Gasteiger partial charge in [0.1, 0.15) is 39.8 Å². The van der Waals surface area contributed by atoms with E-state index in [1.54, 1.807) is 71.5 Å². The molecule has 13 heterocycles. The van der Waals surface area contributed by atoms with Crippen LogP contribution in [0.25, 0.3) is 72.1 Å². The number of thiazole rings is 1. The van der Waals surface area contributed by atoms with Crippen molar-refractivity contribution in [1.82, 2.24) is 74.9 Å². The van der Waals surface area contributed by atoms with Crippen LogP contribution >= 0.6 is 22.7 Å². The van der Waals surface area contributed by atoms with Crippen LogP contribution in [0.2, 0.25) is 0 Å². The number of hydrogen-bond donors (Lipinski definition) is 6. The smallest absolute Gasteiger partial charge is 0.244 e. The number of rotatable bonds is 20. The minimum absolute atomic E-state index is 0.0417. The summed E-state index contributed by atoms with van der Waals surface area (Å²) in [7, 11) is 0. The molecule has 4 saturated heterocycles. The molecular weight excluding hydrogens is 1570 g/mol. The number of aromatic nitrogens is 9. The quantitative estimate of drug-likeness (QED) is 0.0305. The number of nitrogens with one attached hydrogen (secondary N) is 6. The number of benzene rings is 4. The zero-order chi connectivity index (χ0) is 84.5. The van der Waals surface area contributed by atoms with Crippen molar-refractivity contribution in [3.8, 4) is 64.5 Å². The van der Waals surface area contributed by atoms with Crippen molar-refractivity contribution >= 4 is 113 Å². The molecule has 122 heavy (non-hydrogen) atoms. The number of likely N-dealkylation sites (tertiary alicyclic amines) is 4. The van der Waals surface area contributed by atoms with E-state index in [-0.39, 0.29) is 54.3 Å². The van der Waals surface area contributed by atoms with Gasteiger partial charge in [-0.3, -0.25) is 63.7 Å². The summed E-state index contributed by atoms with van der Waals surface area (Å²) in [6, 6.07) is 34.4. The lowest BCUT2D eigenvalue weighted by molar-refractivity contribution is -0.134. The summed E-state index contributed by atoms with van der Waals surface area (Å²) in [4.78, 5) is 105. The molecule has 6 amide bonds. The largest absolute Gasteiger partial charge is 0.342 e. The van der Waals surface area contributed by atoms with Gasteiger partial charge in [-0.05, 0) is 213 Å². The topological polar surface area (TPSA) is 306 Å². The Morgan fingerprint density at radius 1 is 0.574 bits per heavy atom. The van der Waals surface area contributed by atoms with Gasteiger partial charge in [0, 0.05) is 157 Å². The molecule has 0 spiro atoms. The number of allylic oxidation sites excluding steroid dienone is 5. The number of thiophene rings is 1. The number of aromatic amines is 3. The first-order valence-corrected chi connectivity index (χ1v) is 42.9. The maximum Gasteiger partial charge on any atom is 0.244 e. The number of terminal acetylenes is 2. The second-order valence-electron chi connectivity index (χ2n) is 32.2. The molecule has 4 aromatic carbocycles. The van der Waals surface area contributed by atoms with Crippen LogP contribution in [0.1, 0.15) is 85.7 Å². The summed E-state index contributed by atoms with van der Waals surface area (Å²) >= 11 is 3.35. The summed E-state index contributed by atoms with van der Waals surface area (Å²) in [5.74, 6) is 5.25. The second kappa shape index (κ2) is 36.4. The molecule has 28 heteroatoms. The number of carbonyl (C=O) groups excluding carboxylic acids is 6. The molecule has 0 radical (unpaired) electrons. The van der Waals surface area contributed by atoms with E-state index in [9.17, 15) is 38.4 Å². The Bertz CT molecular complexity index is 6080. The third kappa shape index (κ3) is 18.2. The molecule has 18 rings (SSSR count). The molecule has 618 valence electrons. The number of piperidine rings is 1. The van der Waals surface area contributed by atoms with Gasteiger partial charge in [-0.15, -0.1) is 30.8 Å². The molecule has 3 atom stereocenters. The Morgan fingerprint density at radius 3 is 1.61 bits per heavy atom. The van der Waals surface area contributed by atoms with Gasteiger partial charge in [-0.1, -0.05) is 48.3 Å². The lowest BCUT2D eigenvalue weighted by atomic mass is 9.82. The molecular formula is C94H92FN19O6S2. The number of anilines is 3. The molecule has 0 saturated carbocycles. The standard InChI is InChI=1S/C33H36N6O2.C31H27N7O2S.C30H29FN6O2S/c1-3-13-33(14-18-38(22-33)21-30(40)39-16-11-25(12-17-39)24-6-4-5-7-24)32(41)35-27-8-9-29-28(20-27)31(37-36-29)26-10-15-34-23(2)19-26;1-2-31(9-13-37(20-31)18-28(39)38-11-6-21(7-12-38)23-8-14-41-19-23)30(40)34-24-3-4-27-26(16-24)29(36-35-27)22-5-10-33-25(15-22)17-32;1-2-30(11-15-36(19-30)18-26(38)37-13-9-21(10-14-37)28-32-12-16-40-28)29(39)33-23-7-8-25-24(17-23)27(35-34-25)20-3-5-22(31)6-4-20/h3-4,6-11,15,19-20H,1,5,12-14,16-18,21-22H2,2H3,(H,35,41)(H,36,37);1,3-6,8,10,14-16,19H,7,9,11-13,18,20H2,(H,34,40)(H,35,36);1,3-8,12,16-17,21H,9-11,13-15,18-19H2,(H,33,39)(H,34,35). The molecule has 7 aromatic heterocycles. The van der Waals surface area contributed by atoms with E-state index in [1.165, 1.54) is 34.4 Å². The van der Waals surface area contributed by atoms with E-state index in [1.807, 2.05) is 110 Å². The minimum atomic E-state index is -1.03. The predicted octanol–water partition coefficient (Wildman–Crippen LogP) is 13.8. The maximum absolute atomic E-state index is 13.8. The van der Waals surface area contributed by atoms with Gasteiger partial charge in [-0.25, -0.2) is 14.4 Å². The highest BCUT2D eigenvalue weighted by Crippen LogP contribution is 2.41. The van der Waals surface area contributed by atoms with Crippen molar-refractivity contribution in [3.63, 3.8) is 0 Å². The molecule has 3 unspecified atom stereocenters. The first-order chi connectivity index (χ1) is 59.3. The first kappa shape index (κ1) is 82.6. The van der Waals surface area contributed by atoms with E-state index in [0.29, 0.717) is 139 Å². The van der Waals surface area contributed by atoms with E-state index in [0.717, 1.165) is 110 Å². The Hall–Kier alpha value is -13.1. The van der Waals surface area contributed by atoms with Gasteiger partial charge in [-0.2, -0.15) is 31.9 Å². The van der Waals surface area contributed by atoms with Crippen LogP contribution in [0, 0.1) is 65.0 Å². The van der Waals surface area contributed by atoms with Gasteiger partial charge >= 0.3 is 0 Å². The fourth-order valence-corrected chi connectivity index (χ4v) is 18.9. The van der Waals surface area contributed by atoms with Crippen LogP contribution in [0.4, 0.5) is 21.5 Å². The highest BCUT2D eigenvalue weighted by Gasteiger charge is 2.47. The van der Waals surface area contributed by atoms with Gasteiger partial charge in [0.2, 0.25) is 35.4 Å². The number of nitrogens with zero attached hydrogens (tertiary/aromatic N) is 13. The maximum atomic E-state index is 13.8. The molecule has 25 nitrogen and oxygen atoms in total. The zero-order valence-electron chi connectivity index (χ0n) is 67.7. The highest BCUT2D eigenvalue weighted by molar-refractivity contribution is 7.09. The van der Waals surface area contributed by atoms with Crippen LogP contribution in [0.3, 0.4) is 0 Å². The van der Waals surface area contributed by atoms with E-state index < -0.39 is 16.2 Å². The minimum Gasteiger partial charge on any atom is -0.342 e. The lowest BCUT2D eigenvalue weighted by Crippen LogP contribution is -2.44. The van der Waals surface area contributed by atoms with Crippen LogP contribution in [-0.2, 0) is 28.8 Å². The number of amides is 6. The average molecular weight is 1670 g/mol. The summed E-state index contributed by atoms with van der Waals surface area (Å²) in [5, 5.41) is 50.6. The van der Waals surface area contributed by atoms with Crippen molar-refractivity contribution in [2.75, 3.05) is 114 Å². The van der Waals surface area contributed by atoms with Gasteiger partial charge in [0.15, 0.2) is 0 Å². The first-order valence-electron chi connectivity index (χ1n) is 41.0. The third-order valence-corrected chi connectivity index (χ3v) is 26.0. The van der Waals surface area contributed by atoms with E-state index in [2.05, 4.69) is 132 Å². The van der Waals surface area contributed by atoms with Gasteiger partial charge in [0.05, 0.1) is 52.3 Å². The number of nitriles is 1. The summed E-state index contributed by atoms with van der Waals surface area (Å²) in [6.45, 7) is 13.8. The average Bonchev–Trinajstić information content (AvgIpc) is 1.64. The van der Waals surface area contributed by atoms with Crippen LogP contribution in [-0.4, -0.2) is 209 Å². The highest BCUT2D eigenvalue weighted by atomic mass is 32.1. The van der Waals surface area contributed by atoms with Crippen LogP contribution < -0.4 is 16.0 Å². The second-order valence-corrected chi connectivity index (χ2v) is 33.9. The summed E-state index contributed by atoms with van der Waals surface area (Å²) < 4.78 is 13.4. The Kier molecular flexibility index (Phi) is 24.7. The number of H-pyrrole nitrogens is 3. The zero-order valence-corrected chi connectivity index (χ0v) is 69.3. The molecule has 7 aliphatic rings. The molecule has 0 bridgehead atoms. The van der Waals surface area contributed by atoms with Crippen molar-refractivity contribution in [1.29, 1.82) is 5.26 Å². The Morgan fingerprint density at radius 2 is 1.11 bits per heavy atom. The molecule has 6 N–H and O–H groups in total. The number of pyridine rings is 2. The van der Waals surface area contributed by atoms with Crippen molar-refractivity contribution in [2.45, 2.75) is 70.6 Å². The van der Waals surface area contributed by atoms with Crippen molar-refractivity contribution in [3.05, 3.63) is 226 Å². The van der Waals surface area contributed by atoms with Crippen molar-refractivity contribution in [2.24, 2.45) is 16.2 Å². The van der Waals surface area contributed by atoms with Crippen molar-refractivity contribution < 1.29 is 33.2 Å². The van der Waals surface area contributed by atoms with E-state index in [4.69, 9.17) is 12.8 Å². The number of halogens is 1. The van der Waals surface area contributed by atoms with Gasteiger partial charge < -0.3 is 30.7 Å². The fraction of sp³-hybridized carbons (Fsp3) is 0.309. The van der Waals surface area contributed by atoms with Gasteiger partial charge in [0.25, 0.3) is 0 Å². The lowest BCUT2D eigenvalue weighted by Gasteiger charge is -2.32. The number of fused-ring (bicyclic) bond motifs is 3. The molecule has 1 aliphatic carbocycles. The third-order valence-electron chi connectivity index (χ3n) is 24.3.